The molecule has 5 heteroatoms. The Bertz CT molecular complexity index is 673. The highest BCUT2D eigenvalue weighted by atomic mass is 19.1. The first kappa shape index (κ1) is 12.5. The van der Waals surface area contributed by atoms with Gasteiger partial charge in [0, 0.05) is 11.3 Å². The molecule has 0 saturated carbocycles. The lowest BCUT2D eigenvalue weighted by atomic mass is 10.0. The van der Waals surface area contributed by atoms with E-state index in [2.05, 4.69) is 5.32 Å². The van der Waals surface area contributed by atoms with Crippen LogP contribution in [-0.2, 0) is 4.79 Å². The molecule has 0 aromatic heterocycles. The van der Waals surface area contributed by atoms with Crippen molar-refractivity contribution in [3.63, 3.8) is 0 Å². The largest absolute Gasteiger partial charge is 0.492 e. The summed E-state index contributed by atoms with van der Waals surface area (Å²) in [4.78, 5) is 12.2. The van der Waals surface area contributed by atoms with Crippen LogP contribution in [0.1, 0.15) is 11.5 Å². The van der Waals surface area contributed by atoms with E-state index >= 15 is 0 Å². The lowest BCUT2D eigenvalue weighted by Gasteiger charge is -2.11. The van der Waals surface area contributed by atoms with Crippen LogP contribution in [0.15, 0.2) is 42.5 Å². The number of nitrogens with two attached hydrogens (primary N) is 1. The van der Waals surface area contributed by atoms with Crippen molar-refractivity contribution in [2.45, 2.75) is 5.92 Å². The maximum Gasteiger partial charge on any atom is 0.235 e. The van der Waals surface area contributed by atoms with Crippen molar-refractivity contribution in [2.75, 3.05) is 17.7 Å². The number of rotatable bonds is 2. The Hall–Kier alpha value is -2.56. The van der Waals surface area contributed by atoms with Crippen molar-refractivity contribution in [3.05, 3.63) is 53.8 Å². The fraction of sp³-hybridized carbons (Fsp3) is 0.133. The van der Waals surface area contributed by atoms with E-state index in [0.29, 0.717) is 11.4 Å². The second-order valence-corrected chi connectivity index (χ2v) is 4.63. The molecule has 102 valence electrons. The predicted octanol–water partition coefficient (Wildman–Crippen LogP) is 2.52. The molecule has 1 aliphatic heterocycles. The minimum absolute atomic E-state index is 0.0828. The normalized spacial score (nSPS) is 16.4. The van der Waals surface area contributed by atoms with Gasteiger partial charge in [-0.1, -0.05) is 18.2 Å². The molecule has 1 unspecified atom stereocenters. The molecule has 1 heterocycles. The number of carbonyl (C=O) groups excluding carboxylic acids is 1. The number of anilines is 2. The fourth-order valence-corrected chi connectivity index (χ4v) is 2.24. The van der Waals surface area contributed by atoms with Crippen molar-refractivity contribution in [1.29, 1.82) is 0 Å². The molecule has 0 fully saturated rings. The zero-order valence-electron chi connectivity index (χ0n) is 10.6. The molecular weight excluding hydrogens is 259 g/mol. The summed E-state index contributed by atoms with van der Waals surface area (Å²) in [5.41, 5.74) is 6.88. The highest BCUT2D eigenvalue weighted by molar-refractivity contribution is 5.97. The van der Waals surface area contributed by atoms with Crippen LogP contribution in [-0.4, -0.2) is 12.5 Å². The van der Waals surface area contributed by atoms with Crippen LogP contribution in [0.2, 0.25) is 0 Å². The van der Waals surface area contributed by atoms with Gasteiger partial charge in [-0.2, -0.15) is 0 Å². The molecule has 4 nitrogen and oxygen atoms in total. The van der Waals surface area contributed by atoms with Crippen LogP contribution in [0.4, 0.5) is 15.8 Å². The van der Waals surface area contributed by atoms with E-state index in [9.17, 15) is 9.18 Å². The number of hydrogen-bond acceptors (Lipinski definition) is 3. The molecule has 2 aromatic carbocycles. The van der Waals surface area contributed by atoms with Crippen molar-refractivity contribution in [2.24, 2.45) is 0 Å². The number of halogens is 1. The summed E-state index contributed by atoms with van der Waals surface area (Å²) >= 11 is 0. The van der Waals surface area contributed by atoms with Crippen LogP contribution in [0.3, 0.4) is 0 Å². The van der Waals surface area contributed by atoms with Gasteiger partial charge in [-0.3, -0.25) is 4.79 Å². The van der Waals surface area contributed by atoms with Gasteiger partial charge < -0.3 is 15.8 Å². The number of para-hydroxylation sites is 1. The molecule has 1 amide bonds. The molecule has 2 aromatic rings. The van der Waals surface area contributed by atoms with Crippen LogP contribution in [0.25, 0.3) is 0 Å². The molecule has 0 saturated heterocycles. The number of carbonyl (C=O) groups is 1. The smallest absolute Gasteiger partial charge is 0.235 e. The van der Waals surface area contributed by atoms with Gasteiger partial charge in [0.25, 0.3) is 0 Å². The second-order valence-electron chi connectivity index (χ2n) is 4.63. The van der Waals surface area contributed by atoms with Gasteiger partial charge >= 0.3 is 0 Å². The Balaban J connectivity index is 1.83. The van der Waals surface area contributed by atoms with Gasteiger partial charge in [0.05, 0.1) is 5.69 Å². The molecular formula is C15H13FN2O2. The van der Waals surface area contributed by atoms with E-state index < -0.39 is 11.7 Å². The van der Waals surface area contributed by atoms with Crippen LogP contribution >= 0.6 is 0 Å². The molecule has 3 N–H and O–H groups in total. The Kier molecular flexibility index (Phi) is 3.02. The number of amides is 1. The zero-order valence-corrected chi connectivity index (χ0v) is 10.6. The van der Waals surface area contributed by atoms with Crippen molar-refractivity contribution in [3.8, 4) is 5.75 Å². The Morgan fingerprint density at radius 2 is 2.10 bits per heavy atom. The number of hydrogen-bond donors (Lipinski definition) is 2. The Morgan fingerprint density at radius 3 is 2.95 bits per heavy atom. The maximum absolute atomic E-state index is 13.6. The van der Waals surface area contributed by atoms with Crippen LogP contribution < -0.4 is 15.8 Å². The number of fused-ring (bicyclic) bond motifs is 1. The van der Waals surface area contributed by atoms with Crippen molar-refractivity contribution in [1.82, 2.24) is 0 Å². The first-order chi connectivity index (χ1) is 9.65. The van der Waals surface area contributed by atoms with Crippen molar-refractivity contribution >= 4 is 17.3 Å². The molecule has 0 bridgehead atoms. The Morgan fingerprint density at radius 1 is 1.30 bits per heavy atom. The summed E-state index contributed by atoms with van der Waals surface area (Å²) in [6, 6.07) is 11.4. The van der Waals surface area contributed by atoms with E-state index in [1.165, 1.54) is 18.2 Å². The number of ether oxygens (including phenoxy) is 1. The van der Waals surface area contributed by atoms with Crippen LogP contribution in [0.5, 0.6) is 5.75 Å². The second kappa shape index (κ2) is 4.85. The summed E-state index contributed by atoms with van der Waals surface area (Å²) in [7, 11) is 0. The summed E-state index contributed by atoms with van der Waals surface area (Å²) in [6.07, 6.45) is 0. The highest BCUT2D eigenvalue weighted by Crippen LogP contribution is 2.34. The summed E-state index contributed by atoms with van der Waals surface area (Å²) in [5, 5.41) is 2.56. The molecule has 0 spiro atoms. The van der Waals surface area contributed by atoms with Gasteiger partial charge in [0.1, 0.15) is 24.1 Å². The minimum Gasteiger partial charge on any atom is -0.492 e. The molecule has 3 rings (SSSR count). The van der Waals surface area contributed by atoms with E-state index in [1.807, 2.05) is 24.3 Å². The molecule has 0 radical (unpaired) electrons. The zero-order chi connectivity index (χ0) is 14.1. The van der Waals surface area contributed by atoms with E-state index in [0.717, 1.165) is 5.56 Å². The standard InChI is InChI=1S/C15H13FN2O2/c16-12-6-5-9(17)7-13(12)18-15(19)11-8-20-14-4-2-1-3-10(11)14/h1-7,11H,8,17H2,(H,18,19). The number of nitrogen functional groups attached to an aromatic ring is 1. The molecule has 1 atom stereocenters. The number of benzene rings is 2. The van der Waals surface area contributed by atoms with Gasteiger partial charge in [0.15, 0.2) is 0 Å². The van der Waals surface area contributed by atoms with Gasteiger partial charge in [-0.05, 0) is 24.3 Å². The summed E-state index contributed by atoms with van der Waals surface area (Å²) in [6.45, 7) is 0.259. The maximum atomic E-state index is 13.6. The third-order valence-corrected chi connectivity index (χ3v) is 3.26. The lowest BCUT2D eigenvalue weighted by molar-refractivity contribution is -0.117. The van der Waals surface area contributed by atoms with Gasteiger partial charge in [-0.25, -0.2) is 4.39 Å². The van der Waals surface area contributed by atoms with Crippen LogP contribution in [0, 0.1) is 5.82 Å². The van der Waals surface area contributed by atoms with Crippen molar-refractivity contribution < 1.29 is 13.9 Å². The Labute approximate surface area is 115 Å². The SMILES string of the molecule is Nc1ccc(F)c(NC(=O)C2COc3ccccc32)c1. The molecule has 1 aliphatic rings. The fourth-order valence-electron chi connectivity index (χ4n) is 2.24. The monoisotopic (exact) mass is 272 g/mol. The van der Waals surface area contributed by atoms with E-state index in [1.54, 1.807) is 0 Å². The highest BCUT2D eigenvalue weighted by Gasteiger charge is 2.30. The average molecular weight is 272 g/mol. The quantitative estimate of drug-likeness (QED) is 0.826. The molecule has 0 aliphatic carbocycles. The van der Waals surface area contributed by atoms with Gasteiger partial charge in [0.2, 0.25) is 5.91 Å². The van der Waals surface area contributed by atoms with E-state index in [-0.39, 0.29) is 18.2 Å². The third kappa shape index (κ3) is 2.18. The van der Waals surface area contributed by atoms with E-state index in [4.69, 9.17) is 10.5 Å². The minimum atomic E-state index is -0.514. The topological polar surface area (TPSA) is 64.3 Å². The first-order valence-corrected chi connectivity index (χ1v) is 6.23. The summed E-state index contributed by atoms with van der Waals surface area (Å²) < 4.78 is 19.1. The number of nitrogens with one attached hydrogen (secondary N) is 1. The van der Waals surface area contributed by atoms with Gasteiger partial charge in [-0.15, -0.1) is 0 Å². The first-order valence-electron chi connectivity index (χ1n) is 6.23. The average Bonchev–Trinajstić information content (AvgIpc) is 2.87. The predicted molar refractivity (Wildman–Crippen MR) is 74.1 cm³/mol. The molecule has 20 heavy (non-hydrogen) atoms. The lowest BCUT2D eigenvalue weighted by Crippen LogP contribution is -2.22. The summed E-state index contributed by atoms with van der Waals surface area (Å²) in [5.74, 6) is -0.563. The third-order valence-electron chi connectivity index (χ3n) is 3.26.